The number of H-pyrrole nitrogens is 1. The van der Waals surface area contributed by atoms with Gasteiger partial charge in [-0.3, -0.25) is 5.10 Å². The maximum Gasteiger partial charge on any atom is 0.335 e. The molecule has 3 aromatic rings. The molecule has 2 aliphatic carbocycles. The van der Waals surface area contributed by atoms with E-state index in [4.69, 9.17) is 14.7 Å². The number of methoxy groups -OCH3 is 1. The monoisotopic (exact) mass is 461 g/mol. The minimum Gasteiger partial charge on any atom is -0.479 e. The van der Waals surface area contributed by atoms with Gasteiger partial charge in [0.15, 0.2) is 17.1 Å². The predicted octanol–water partition coefficient (Wildman–Crippen LogP) is 3.70. The normalized spacial score (nSPS) is 25.2. The number of aromatic amines is 1. The number of aromatic nitrogens is 6. The van der Waals surface area contributed by atoms with Gasteiger partial charge in [-0.15, -0.1) is 0 Å². The Labute approximate surface area is 187 Å². The first kappa shape index (κ1) is 21.7. The molecule has 2 aliphatic rings. The van der Waals surface area contributed by atoms with Crippen LogP contribution in [0.3, 0.4) is 0 Å². The van der Waals surface area contributed by atoms with E-state index in [9.17, 15) is 18.7 Å². The smallest absolute Gasteiger partial charge is 0.335 e. The van der Waals surface area contributed by atoms with Crippen molar-refractivity contribution >= 4 is 28.6 Å². The van der Waals surface area contributed by atoms with Crippen molar-refractivity contribution in [2.45, 2.75) is 68.9 Å². The summed E-state index contributed by atoms with van der Waals surface area (Å²) >= 11 is 0. The molecular formula is C21H25F2N7O3. The van der Waals surface area contributed by atoms with E-state index in [1.807, 2.05) is 13.0 Å². The molecule has 2 fully saturated rings. The van der Waals surface area contributed by atoms with Crippen molar-refractivity contribution in [3.8, 4) is 0 Å². The van der Waals surface area contributed by atoms with Crippen LogP contribution in [0.5, 0.6) is 0 Å². The van der Waals surface area contributed by atoms with Crippen LogP contribution < -0.4 is 5.32 Å². The Morgan fingerprint density at radius 1 is 1.30 bits per heavy atom. The number of carbonyl (C=O) groups is 1. The molecule has 0 amide bonds. The molecule has 3 N–H and O–H groups in total. The molecule has 10 nitrogen and oxygen atoms in total. The fourth-order valence-corrected chi connectivity index (χ4v) is 4.74. The Bertz CT molecular complexity index is 1190. The van der Waals surface area contributed by atoms with Gasteiger partial charge < -0.3 is 15.2 Å². The average Bonchev–Trinajstić information content (AvgIpc) is 3.37. The predicted molar refractivity (Wildman–Crippen MR) is 114 cm³/mol. The number of nitrogens with one attached hydrogen (secondary N) is 2. The number of nitrogens with zero attached hydrogens (tertiary/aromatic N) is 5. The fourth-order valence-electron chi connectivity index (χ4n) is 4.74. The minimum atomic E-state index is -2.68. The van der Waals surface area contributed by atoms with Gasteiger partial charge in [-0.05, 0) is 32.6 Å². The third kappa shape index (κ3) is 3.81. The lowest BCUT2D eigenvalue weighted by atomic mass is 9.78. The summed E-state index contributed by atoms with van der Waals surface area (Å²) in [4.78, 5) is 21.2. The summed E-state index contributed by atoms with van der Waals surface area (Å²) in [5, 5.41) is 24.8. The molecule has 3 heterocycles. The van der Waals surface area contributed by atoms with E-state index < -0.39 is 23.5 Å². The molecule has 0 saturated heterocycles. The van der Waals surface area contributed by atoms with Crippen LogP contribution in [0.2, 0.25) is 0 Å². The number of ether oxygens (including phenoxy) is 1. The molecule has 3 aromatic heterocycles. The van der Waals surface area contributed by atoms with Gasteiger partial charge in [-0.25, -0.2) is 28.2 Å². The van der Waals surface area contributed by atoms with Crippen molar-refractivity contribution in [1.82, 2.24) is 29.9 Å². The summed E-state index contributed by atoms with van der Waals surface area (Å²) in [7, 11) is 1.41. The number of rotatable bonds is 6. The summed E-state index contributed by atoms with van der Waals surface area (Å²) in [5.41, 5.74) is 0.150. The quantitative estimate of drug-likeness (QED) is 0.507. The van der Waals surface area contributed by atoms with E-state index in [2.05, 4.69) is 20.6 Å². The zero-order valence-electron chi connectivity index (χ0n) is 18.3. The van der Waals surface area contributed by atoms with Gasteiger partial charge in [-0.2, -0.15) is 10.2 Å². The molecule has 0 aliphatic heterocycles. The van der Waals surface area contributed by atoms with Gasteiger partial charge in [0.1, 0.15) is 11.6 Å². The lowest BCUT2D eigenvalue weighted by Gasteiger charge is -2.35. The van der Waals surface area contributed by atoms with Crippen LogP contribution in [0.1, 0.15) is 62.0 Å². The second-order valence-electron chi connectivity index (χ2n) is 9.01. The number of anilines is 2. The summed E-state index contributed by atoms with van der Waals surface area (Å²) in [6, 6.07) is 1.39. The number of carboxylic acid groups (broad SMARTS) is 1. The number of aliphatic carboxylic acids is 1. The summed E-state index contributed by atoms with van der Waals surface area (Å²) < 4.78 is 34.0. The summed E-state index contributed by atoms with van der Waals surface area (Å²) in [5.74, 6) is -2.17. The molecule has 5 rings (SSSR count). The molecule has 0 aromatic carbocycles. The third-order valence-electron chi connectivity index (χ3n) is 6.78. The number of hydrogen-bond donors (Lipinski definition) is 3. The summed E-state index contributed by atoms with van der Waals surface area (Å²) in [6.45, 7) is 1.88. The Morgan fingerprint density at radius 3 is 2.61 bits per heavy atom. The second-order valence-corrected chi connectivity index (χ2v) is 9.01. The molecule has 0 spiro atoms. The molecule has 12 heteroatoms. The van der Waals surface area contributed by atoms with Gasteiger partial charge >= 0.3 is 5.97 Å². The largest absolute Gasteiger partial charge is 0.479 e. The molecule has 2 saturated carbocycles. The van der Waals surface area contributed by atoms with Crippen molar-refractivity contribution in [2.75, 3.05) is 12.4 Å². The van der Waals surface area contributed by atoms with Crippen molar-refractivity contribution in [2.24, 2.45) is 0 Å². The molecular weight excluding hydrogens is 436 g/mol. The highest BCUT2D eigenvalue weighted by Crippen LogP contribution is 2.46. The van der Waals surface area contributed by atoms with Crippen LogP contribution in [0.15, 0.2) is 12.3 Å². The average molecular weight is 461 g/mol. The van der Waals surface area contributed by atoms with E-state index in [1.165, 1.54) is 7.11 Å². The molecule has 0 bridgehead atoms. The van der Waals surface area contributed by atoms with Crippen LogP contribution in [-0.2, 0) is 9.53 Å². The number of carboxylic acids is 1. The third-order valence-corrected chi connectivity index (χ3v) is 6.78. The van der Waals surface area contributed by atoms with Crippen LogP contribution in [0.25, 0.3) is 11.0 Å². The molecule has 176 valence electrons. The minimum absolute atomic E-state index is 0.0929. The van der Waals surface area contributed by atoms with E-state index in [0.717, 1.165) is 5.69 Å². The van der Waals surface area contributed by atoms with Crippen LogP contribution in [0.4, 0.5) is 20.4 Å². The molecule has 0 radical (unpaired) electrons. The first-order valence-electron chi connectivity index (χ1n) is 10.9. The summed E-state index contributed by atoms with van der Waals surface area (Å²) in [6.07, 6.45) is 2.76. The van der Waals surface area contributed by atoms with Crippen molar-refractivity contribution in [1.29, 1.82) is 0 Å². The SMILES string of the molecule is COC1(C(=O)O)CCC(c2nc(Nc3cc(C)[nH]n3)c3cnn(C4CC(F)(F)C4)c3n2)CC1. The zero-order valence-corrected chi connectivity index (χ0v) is 18.3. The molecule has 0 atom stereocenters. The fraction of sp³-hybridized carbons (Fsp3) is 0.571. The molecule has 33 heavy (non-hydrogen) atoms. The van der Waals surface area contributed by atoms with Gasteiger partial charge in [0.25, 0.3) is 5.92 Å². The topological polar surface area (TPSA) is 131 Å². The zero-order chi connectivity index (χ0) is 23.4. The van der Waals surface area contributed by atoms with Gasteiger partial charge in [0.2, 0.25) is 0 Å². The molecule has 0 unspecified atom stereocenters. The van der Waals surface area contributed by atoms with Crippen LogP contribution in [-0.4, -0.2) is 59.7 Å². The van der Waals surface area contributed by atoms with E-state index in [0.29, 0.717) is 54.2 Å². The number of fused-ring (bicyclic) bond motifs is 1. The van der Waals surface area contributed by atoms with E-state index >= 15 is 0 Å². The van der Waals surface area contributed by atoms with Crippen LogP contribution >= 0.6 is 0 Å². The first-order valence-corrected chi connectivity index (χ1v) is 10.9. The van der Waals surface area contributed by atoms with Crippen molar-refractivity contribution in [3.05, 3.63) is 23.8 Å². The number of aryl methyl sites for hydroxylation is 1. The number of halogens is 2. The highest BCUT2D eigenvalue weighted by Gasteiger charge is 2.47. The van der Waals surface area contributed by atoms with Gasteiger partial charge in [-0.1, -0.05) is 0 Å². The Balaban J connectivity index is 1.51. The van der Waals surface area contributed by atoms with E-state index in [1.54, 1.807) is 10.9 Å². The highest BCUT2D eigenvalue weighted by atomic mass is 19.3. The van der Waals surface area contributed by atoms with Crippen molar-refractivity contribution in [3.63, 3.8) is 0 Å². The lowest BCUT2D eigenvalue weighted by Crippen LogP contribution is -2.43. The van der Waals surface area contributed by atoms with Crippen LogP contribution in [0, 0.1) is 6.92 Å². The van der Waals surface area contributed by atoms with Gasteiger partial charge in [0.05, 0.1) is 17.6 Å². The first-order chi connectivity index (χ1) is 15.7. The van der Waals surface area contributed by atoms with E-state index in [-0.39, 0.29) is 18.8 Å². The highest BCUT2D eigenvalue weighted by molar-refractivity contribution is 5.88. The Hall–Kier alpha value is -3.15. The maximum atomic E-state index is 13.5. The second kappa shape index (κ2) is 7.72. The van der Waals surface area contributed by atoms with Gasteiger partial charge in [0, 0.05) is 37.6 Å². The number of hydrogen-bond acceptors (Lipinski definition) is 7. The Morgan fingerprint density at radius 2 is 2.03 bits per heavy atom. The Kier molecular flexibility index (Phi) is 5.07. The standard InChI is InChI=1S/C21H25F2N7O3/c1-11-7-15(29-28-11)25-17-14-10-24-30(13-8-21(22,23)9-13)18(14)27-16(26-17)12-3-5-20(33-2,6-4-12)19(31)32/h7,10,12-13H,3-6,8-9H2,1-2H3,(H,31,32)(H2,25,26,27,28,29). The maximum absolute atomic E-state index is 13.5. The number of alkyl halides is 2. The van der Waals surface area contributed by atoms with Crippen molar-refractivity contribution < 1.29 is 23.4 Å². The lowest BCUT2D eigenvalue weighted by molar-refractivity contribution is -0.166.